The topological polar surface area (TPSA) is 47.0 Å². The van der Waals surface area contributed by atoms with Crippen LogP contribution in [0.4, 0.5) is 21.4 Å². The number of hydrogen-bond acceptors (Lipinski definition) is 3. The standard InChI is InChI=1S/C6H2F5NO2S/c7-5-3(15(11,13)14)1-2-4(12-5)6(8,9)10/h1-2H. The molecule has 0 aliphatic rings. The number of rotatable bonds is 1. The van der Waals surface area contributed by atoms with Gasteiger partial charge in [0.15, 0.2) is 4.90 Å². The van der Waals surface area contributed by atoms with Crippen molar-refractivity contribution in [2.45, 2.75) is 11.1 Å². The molecular weight excluding hydrogens is 245 g/mol. The highest BCUT2D eigenvalue weighted by Gasteiger charge is 2.34. The lowest BCUT2D eigenvalue weighted by molar-refractivity contribution is -0.141. The fraction of sp³-hybridized carbons (Fsp3) is 0.167. The van der Waals surface area contributed by atoms with Gasteiger partial charge in [-0.15, -0.1) is 3.89 Å². The first-order valence-corrected chi connectivity index (χ1v) is 4.69. The Morgan fingerprint density at radius 3 is 2.07 bits per heavy atom. The van der Waals surface area contributed by atoms with Crippen LogP contribution in [0.1, 0.15) is 5.69 Å². The molecule has 0 saturated heterocycles. The van der Waals surface area contributed by atoms with Gasteiger partial charge in [0.1, 0.15) is 5.69 Å². The summed E-state index contributed by atoms with van der Waals surface area (Å²) in [5.74, 6) is -2.02. The maximum atomic E-state index is 12.6. The van der Waals surface area contributed by atoms with Crippen LogP contribution in [0.3, 0.4) is 0 Å². The van der Waals surface area contributed by atoms with Gasteiger partial charge in [-0.1, -0.05) is 0 Å². The number of pyridine rings is 1. The van der Waals surface area contributed by atoms with Crippen molar-refractivity contribution in [3.63, 3.8) is 0 Å². The summed E-state index contributed by atoms with van der Waals surface area (Å²) in [5.41, 5.74) is -1.63. The van der Waals surface area contributed by atoms with Crippen molar-refractivity contribution in [2.24, 2.45) is 0 Å². The third-order valence-corrected chi connectivity index (χ3v) is 2.20. The fourth-order valence-corrected chi connectivity index (χ4v) is 1.24. The molecule has 0 amide bonds. The summed E-state index contributed by atoms with van der Waals surface area (Å²) in [6.45, 7) is 0. The Morgan fingerprint density at radius 2 is 1.73 bits per heavy atom. The average molecular weight is 247 g/mol. The smallest absolute Gasteiger partial charge is 0.214 e. The Balaban J connectivity index is 3.34. The molecule has 0 N–H and O–H groups in total. The van der Waals surface area contributed by atoms with Gasteiger partial charge in [0, 0.05) is 0 Å². The van der Waals surface area contributed by atoms with E-state index >= 15 is 0 Å². The minimum absolute atomic E-state index is 0.167. The maximum absolute atomic E-state index is 12.6. The lowest BCUT2D eigenvalue weighted by Gasteiger charge is -2.05. The Labute approximate surface area is 80.8 Å². The van der Waals surface area contributed by atoms with E-state index in [1.165, 1.54) is 0 Å². The minimum Gasteiger partial charge on any atom is -0.214 e. The predicted molar refractivity (Wildman–Crippen MR) is 37.5 cm³/mol. The SMILES string of the molecule is O=S(=O)(F)c1ccc(C(F)(F)F)nc1F. The van der Waals surface area contributed by atoms with E-state index in [0.717, 1.165) is 0 Å². The number of nitrogens with zero attached hydrogens (tertiary/aromatic N) is 1. The first kappa shape index (κ1) is 11.8. The van der Waals surface area contributed by atoms with E-state index in [4.69, 9.17) is 0 Å². The van der Waals surface area contributed by atoms with Crippen LogP contribution in [0.25, 0.3) is 0 Å². The molecule has 0 spiro atoms. The fourth-order valence-electron chi connectivity index (χ4n) is 0.761. The highest BCUT2D eigenvalue weighted by molar-refractivity contribution is 7.86. The van der Waals surface area contributed by atoms with Gasteiger partial charge in [-0.2, -0.15) is 26.0 Å². The van der Waals surface area contributed by atoms with E-state index < -0.39 is 32.9 Å². The zero-order valence-corrected chi connectivity index (χ0v) is 7.53. The molecular formula is C6H2F5NO2S. The van der Waals surface area contributed by atoms with Gasteiger partial charge in [-0.25, -0.2) is 4.98 Å². The van der Waals surface area contributed by atoms with Crippen molar-refractivity contribution in [1.29, 1.82) is 0 Å². The Hall–Kier alpha value is -1.25. The average Bonchev–Trinajstić information content (AvgIpc) is 1.99. The summed E-state index contributed by atoms with van der Waals surface area (Å²) in [5, 5.41) is 0. The second kappa shape index (κ2) is 3.40. The Kier molecular flexibility index (Phi) is 2.68. The summed E-state index contributed by atoms with van der Waals surface area (Å²) < 4.78 is 81.0. The molecule has 0 atom stereocenters. The summed E-state index contributed by atoms with van der Waals surface area (Å²) in [7, 11) is -5.40. The van der Waals surface area contributed by atoms with Gasteiger partial charge < -0.3 is 0 Å². The summed E-state index contributed by atoms with van der Waals surface area (Å²) in [4.78, 5) is 0.782. The van der Waals surface area contributed by atoms with Crippen molar-refractivity contribution in [1.82, 2.24) is 4.98 Å². The van der Waals surface area contributed by atoms with Crippen LogP contribution >= 0.6 is 0 Å². The molecule has 0 bridgehead atoms. The summed E-state index contributed by atoms with van der Waals surface area (Å²) >= 11 is 0. The molecule has 1 aromatic rings. The highest BCUT2D eigenvalue weighted by atomic mass is 32.3. The molecule has 0 unspecified atom stereocenters. The van der Waals surface area contributed by atoms with Crippen LogP contribution in [0.2, 0.25) is 0 Å². The third-order valence-electron chi connectivity index (χ3n) is 1.37. The molecule has 0 fully saturated rings. The molecule has 1 aromatic heterocycles. The molecule has 0 radical (unpaired) electrons. The van der Waals surface area contributed by atoms with Crippen molar-refractivity contribution in [2.75, 3.05) is 0 Å². The monoisotopic (exact) mass is 247 g/mol. The number of halogens is 5. The zero-order valence-electron chi connectivity index (χ0n) is 6.72. The van der Waals surface area contributed by atoms with E-state index in [-0.39, 0.29) is 12.1 Å². The first-order valence-electron chi connectivity index (χ1n) is 3.31. The second-order valence-corrected chi connectivity index (χ2v) is 3.74. The normalized spacial score (nSPS) is 12.9. The van der Waals surface area contributed by atoms with Gasteiger partial charge in [0.2, 0.25) is 5.95 Å². The van der Waals surface area contributed by atoms with Crippen molar-refractivity contribution in [3.8, 4) is 0 Å². The second-order valence-electron chi connectivity index (χ2n) is 2.42. The van der Waals surface area contributed by atoms with E-state index in [0.29, 0.717) is 0 Å². The van der Waals surface area contributed by atoms with Crippen LogP contribution < -0.4 is 0 Å². The summed E-state index contributed by atoms with van der Waals surface area (Å²) in [6, 6.07) is 0.343. The maximum Gasteiger partial charge on any atom is 0.433 e. The quantitative estimate of drug-likeness (QED) is 0.432. The molecule has 3 nitrogen and oxygen atoms in total. The van der Waals surface area contributed by atoms with E-state index in [9.17, 15) is 29.9 Å². The van der Waals surface area contributed by atoms with Crippen LogP contribution in [0, 0.1) is 5.95 Å². The molecule has 0 saturated carbocycles. The van der Waals surface area contributed by atoms with E-state index in [1.54, 1.807) is 0 Å². The van der Waals surface area contributed by atoms with Crippen molar-refractivity contribution >= 4 is 10.2 Å². The minimum atomic E-state index is -5.40. The largest absolute Gasteiger partial charge is 0.433 e. The van der Waals surface area contributed by atoms with Crippen molar-refractivity contribution < 1.29 is 29.9 Å². The molecule has 1 heterocycles. The van der Waals surface area contributed by atoms with E-state index in [1.807, 2.05) is 0 Å². The first-order chi connectivity index (χ1) is 6.62. The summed E-state index contributed by atoms with van der Waals surface area (Å²) in [6.07, 6.45) is -4.92. The van der Waals surface area contributed by atoms with Crippen LogP contribution in [-0.4, -0.2) is 13.4 Å². The lowest BCUT2D eigenvalue weighted by atomic mass is 10.3. The molecule has 9 heteroatoms. The van der Waals surface area contributed by atoms with E-state index in [2.05, 4.69) is 4.98 Å². The van der Waals surface area contributed by atoms with Gasteiger partial charge in [-0.05, 0) is 12.1 Å². The number of hydrogen-bond donors (Lipinski definition) is 0. The third kappa shape index (κ3) is 2.61. The predicted octanol–water partition coefficient (Wildman–Crippen LogP) is 1.90. The lowest BCUT2D eigenvalue weighted by Crippen LogP contribution is -2.11. The highest BCUT2D eigenvalue weighted by Crippen LogP contribution is 2.28. The van der Waals surface area contributed by atoms with Crippen molar-refractivity contribution in [3.05, 3.63) is 23.8 Å². The molecule has 0 aliphatic heterocycles. The Bertz CT molecular complexity index is 481. The van der Waals surface area contributed by atoms with Crippen LogP contribution in [-0.2, 0) is 16.4 Å². The van der Waals surface area contributed by atoms with Gasteiger partial charge in [0.25, 0.3) is 0 Å². The zero-order chi connectivity index (χ0) is 11.9. The molecule has 84 valence electrons. The molecule has 0 aliphatic carbocycles. The molecule has 1 rings (SSSR count). The van der Waals surface area contributed by atoms with Crippen LogP contribution in [0.5, 0.6) is 0 Å². The van der Waals surface area contributed by atoms with Gasteiger partial charge >= 0.3 is 16.4 Å². The number of alkyl halides is 3. The number of aromatic nitrogens is 1. The molecule has 15 heavy (non-hydrogen) atoms. The van der Waals surface area contributed by atoms with Crippen LogP contribution in [0.15, 0.2) is 17.0 Å². The van der Waals surface area contributed by atoms with Gasteiger partial charge in [-0.3, -0.25) is 0 Å². The van der Waals surface area contributed by atoms with Gasteiger partial charge in [0.05, 0.1) is 0 Å². The Morgan fingerprint density at radius 1 is 1.20 bits per heavy atom. The molecule has 0 aromatic carbocycles.